The van der Waals surface area contributed by atoms with E-state index in [2.05, 4.69) is 4.90 Å². The minimum atomic E-state index is -0.579. The zero-order valence-corrected chi connectivity index (χ0v) is 11.8. The molecule has 0 aromatic heterocycles. The van der Waals surface area contributed by atoms with Crippen LogP contribution in [0.2, 0.25) is 0 Å². The van der Waals surface area contributed by atoms with Gasteiger partial charge in [0.05, 0.1) is 11.6 Å². The third-order valence-corrected chi connectivity index (χ3v) is 4.08. The lowest BCUT2D eigenvalue weighted by atomic mass is 9.98. The van der Waals surface area contributed by atoms with Gasteiger partial charge in [0.1, 0.15) is 0 Å². The SMILES string of the molecule is CC(C(=O)c1ccccc1)N1CCCC(C)(O)CC1. The molecule has 1 saturated heterocycles. The van der Waals surface area contributed by atoms with E-state index in [1.807, 2.05) is 44.2 Å². The van der Waals surface area contributed by atoms with Gasteiger partial charge in [-0.2, -0.15) is 0 Å². The van der Waals surface area contributed by atoms with Crippen LogP contribution in [0.4, 0.5) is 0 Å². The van der Waals surface area contributed by atoms with Crippen molar-refractivity contribution in [1.29, 1.82) is 0 Å². The number of carbonyl (C=O) groups excluding carboxylic acids is 1. The lowest BCUT2D eigenvalue weighted by molar-refractivity contribution is 0.0427. The molecule has 1 aliphatic rings. The summed E-state index contributed by atoms with van der Waals surface area (Å²) in [6.45, 7) is 5.53. The summed E-state index contributed by atoms with van der Waals surface area (Å²) in [5, 5.41) is 10.1. The highest BCUT2D eigenvalue weighted by atomic mass is 16.3. The number of benzene rings is 1. The Morgan fingerprint density at radius 2 is 1.95 bits per heavy atom. The molecule has 0 spiro atoms. The second kappa shape index (κ2) is 5.85. The molecule has 1 N–H and O–H groups in total. The average Bonchev–Trinajstić information content (AvgIpc) is 2.59. The van der Waals surface area contributed by atoms with Gasteiger partial charge in [0.2, 0.25) is 0 Å². The van der Waals surface area contributed by atoms with Crippen molar-refractivity contribution in [2.75, 3.05) is 13.1 Å². The molecule has 2 unspecified atom stereocenters. The Kier molecular flexibility index (Phi) is 4.38. The molecule has 0 radical (unpaired) electrons. The third-order valence-electron chi connectivity index (χ3n) is 4.08. The summed E-state index contributed by atoms with van der Waals surface area (Å²) in [6.07, 6.45) is 2.49. The van der Waals surface area contributed by atoms with E-state index < -0.39 is 5.60 Å². The molecule has 0 bridgehead atoms. The number of ketones is 1. The smallest absolute Gasteiger partial charge is 0.179 e. The van der Waals surface area contributed by atoms with E-state index in [9.17, 15) is 9.90 Å². The van der Waals surface area contributed by atoms with E-state index in [4.69, 9.17) is 0 Å². The average molecular weight is 261 g/mol. The summed E-state index contributed by atoms with van der Waals surface area (Å²) in [6, 6.07) is 9.33. The van der Waals surface area contributed by atoms with Crippen LogP contribution in [0.1, 0.15) is 43.5 Å². The van der Waals surface area contributed by atoms with Crippen molar-refractivity contribution in [2.45, 2.75) is 44.8 Å². The molecule has 1 aromatic rings. The van der Waals surface area contributed by atoms with Crippen LogP contribution in [0, 0.1) is 0 Å². The molecule has 0 amide bonds. The van der Waals surface area contributed by atoms with E-state index >= 15 is 0 Å². The molecule has 1 aromatic carbocycles. The predicted octanol–water partition coefficient (Wildman–Crippen LogP) is 2.49. The molecule has 3 heteroatoms. The number of rotatable bonds is 3. The molecule has 104 valence electrons. The Morgan fingerprint density at radius 1 is 1.26 bits per heavy atom. The predicted molar refractivity (Wildman–Crippen MR) is 76.3 cm³/mol. The number of nitrogens with zero attached hydrogens (tertiary/aromatic N) is 1. The summed E-state index contributed by atoms with van der Waals surface area (Å²) < 4.78 is 0. The summed E-state index contributed by atoms with van der Waals surface area (Å²) in [7, 11) is 0. The number of Topliss-reactive ketones (excluding diaryl/α,β-unsaturated/α-hetero) is 1. The highest BCUT2D eigenvalue weighted by Crippen LogP contribution is 2.23. The van der Waals surface area contributed by atoms with Gasteiger partial charge in [-0.05, 0) is 39.7 Å². The van der Waals surface area contributed by atoms with Crippen molar-refractivity contribution in [1.82, 2.24) is 4.90 Å². The molecule has 0 aliphatic carbocycles. The van der Waals surface area contributed by atoms with Crippen LogP contribution in [-0.2, 0) is 0 Å². The normalized spacial score (nSPS) is 26.7. The van der Waals surface area contributed by atoms with Crippen LogP contribution in [-0.4, -0.2) is 40.5 Å². The van der Waals surface area contributed by atoms with Crippen LogP contribution in [0.3, 0.4) is 0 Å². The number of aliphatic hydroxyl groups is 1. The van der Waals surface area contributed by atoms with Gasteiger partial charge < -0.3 is 5.11 Å². The van der Waals surface area contributed by atoms with Gasteiger partial charge in [-0.1, -0.05) is 30.3 Å². The van der Waals surface area contributed by atoms with Crippen molar-refractivity contribution < 1.29 is 9.90 Å². The van der Waals surface area contributed by atoms with Gasteiger partial charge in [0, 0.05) is 12.1 Å². The molecule has 2 atom stereocenters. The summed E-state index contributed by atoms with van der Waals surface area (Å²) >= 11 is 0. The van der Waals surface area contributed by atoms with Gasteiger partial charge in [-0.25, -0.2) is 0 Å². The van der Waals surface area contributed by atoms with Crippen molar-refractivity contribution >= 4 is 5.78 Å². The quantitative estimate of drug-likeness (QED) is 0.850. The van der Waals surface area contributed by atoms with Gasteiger partial charge in [-0.3, -0.25) is 9.69 Å². The van der Waals surface area contributed by atoms with Crippen LogP contribution >= 0.6 is 0 Å². The zero-order chi connectivity index (χ0) is 13.9. The molecule has 1 aliphatic heterocycles. The Balaban J connectivity index is 2.03. The van der Waals surface area contributed by atoms with E-state index in [-0.39, 0.29) is 11.8 Å². The lowest BCUT2D eigenvalue weighted by Gasteiger charge is -2.27. The summed E-state index contributed by atoms with van der Waals surface area (Å²) in [4.78, 5) is 14.6. The fourth-order valence-corrected chi connectivity index (χ4v) is 2.68. The zero-order valence-electron chi connectivity index (χ0n) is 11.8. The third kappa shape index (κ3) is 3.64. The van der Waals surface area contributed by atoms with E-state index in [0.29, 0.717) is 0 Å². The maximum Gasteiger partial charge on any atom is 0.179 e. The first-order chi connectivity index (χ1) is 8.99. The number of likely N-dealkylation sites (tertiary alicyclic amines) is 1. The van der Waals surface area contributed by atoms with Crippen molar-refractivity contribution in [2.24, 2.45) is 0 Å². The van der Waals surface area contributed by atoms with Crippen LogP contribution in [0.5, 0.6) is 0 Å². The van der Waals surface area contributed by atoms with E-state index in [0.717, 1.165) is 37.9 Å². The molecular formula is C16H23NO2. The van der Waals surface area contributed by atoms with Gasteiger partial charge in [-0.15, -0.1) is 0 Å². The maximum absolute atomic E-state index is 12.4. The number of hydrogen-bond acceptors (Lipinski definition) is 3. The summed E-state index contributed by atoms with van der Waals surface area (Å²) in [5.74, 6) is 0.169. The highest BCUT2D eigenvalue weighted by Gasteiger charge is 2.29. The second-order valence-corrected chi connectivity index (χ2v) is 5.79. The molecule has 1 fully saturated rings. The van der Waals surface area contributed by atoms with Crippen molar-refractivity contribution in [3.63, 3.8) is 0 Å². The Hall–Kier alpha value is -1.19. The van der Waals surface area contributed by atoms with E-state index in [1.54, 1.807) is 0 Å². The first kappa shape index (κ1) is 14.2. The first-order valence-corrected chi connectivity index (χ1v) is 7.05. The Morgan fingerprint density at radius 3 is 2.63 bits per heavy atom. The van der Waals surface area contributed by atoms with E-state index in [1.165, 1.54) is 0 Å². The standard InChI is InChI=1S/C16H23NO2/c1-13(15(18)14-7-4-3-5-8-14)17-11-6-9-16(2,19)10-12-17/h3-5,7-8,13,19H,6,9-12H2,1-2H3. The largest absolute Gasteiger partial charge is 0.390 e. The lowest BCUT2D eigenvalue weighted by Crippen LogP contribution is -2.40. The van der Waals surface area contributed by atoms with Gasteiger partial charge in [0.25, 0.3) is 0 Å². The Labute approximate surface area is 115 Å². The molecule has 19 heavy (non-hydrogen) atoms. The minimum Gasteiger partial charge on any atom is -0.390 e. The maximum atomic E-state index is 12.4. The highest BCUT2D eigenvalue weighted by molar-refractivity contribution is 5.99. The first-order valence-electron chi connectivity index (χ1n) is 7.05. The van der Waals surface area contributed by atoms with Crippen molar-refractivity contribution in [3.05, 3.63) is 35.9 Å². The molecule has 3 nitrogen and oxygen atoms in total. The topological polar surface area (TPSA) is 40.5 Å². The fourth-order valence-electron chi connectivity index (χ4n) is 2.68. The van der Waals surface area contributed by atoms with Gasteiger partial charge in [0.15, 0.2) is 5.78 Å². The van der Waals surface area contributed by atoms with Crippen LogP contribution in [0.25, 0.3) is 0 Å². The minimum absolute atomic E-state index is 0.115. The Bertz CT molecular complexity index is 428. The monoisotopic (exact) mass is 261 g/mol. The molecule has 0 saturated carbocycles. The van der Waals surface area contributed by atoms with Crippen LogP contribution < -0.4 is 0 Å². The fraction of sp³-hybridized carbons (Fsp3) is 0.562. The number of carbonyl (C=O) groups is 1. The second-order valence-electron chi connectivity index (χ2n) is 5.79. The molecular weight excluding hydrogens is 238 g/mol. The van der Waals surface area contributed by atoms with Crippen LogP contribution in [0.15, 0.2) is 30.3 Å². The molecule has 1 heterocycles. The number of hydrogen-bond donors (Lipinski definition) is 1. The summed E-state index contributed by atoms with van der Waals surface area (Å²) in [5.41, 5.74) is 0.190. The van der Waals surface area contributed by atoms with Gasteiger partial charge >= 0.3 is 0 Å². The van der Waals surface area contributed by atoms with Crippen molar-refractivity contribution in [3.8, 4) is 0 Å². The molecule has 2 rings (SSSR count).